The number of ether oxygens (including phenoxy) is 1. The molecule has 0 bridgehead atoms. The Bertz CT molecular complexity index is 646. The van der Waals surface area contributed by atoms with Crippen molar-refractivity contribution in [3.63, 3.8) is 0 Å². The molecule has 0 aromatic heterocycles. The van der Waals surface area contributed by atoms with Crippen LogP contribution in [0.3, 0.4) is 0 Å². The van der Waals surface area contributed by atoms with Gasteiger partial charge in [0.1, 0.15) is 0 Å². The van der Waals surface area contributed by atoms with Crippen molar-refractivity contribution in [3.05, 3.63) is 41.5 Å². The Labute approximate surface area is 169 Å². The van der Waals surface area contributed by atoms with E-state index in [0.717, 1.165) is 24.7 Å². The zero-order chi connectivity index (χ0) is 19.9. The van der Waals surface area contributed by atoms with Crippen molar-refractivity contribution >= 4 is 0 Å². The molecule has 0 amide bonds. The molecule has 0 heterocycles. The van der Waals surface area contributed by atoms with Crippen LogP contribution in [0.4, 0.5) is 8.78 Å². The lowest BCUT2D eigenvalue weighted by atomic mass is 9.70. The van der Waals surface area contributed by atoms with Crippen LogP contribution in [0.1, 0.15) is 89.5 Å². The van der Waals surface area contributed by atoms with E-state index in [4.69, 9.17) is 4.74 Å². The van der Waals surface area contributed by atoms with Crippen molar-refractivity contribution in [2.75, 3.05) is 6.61 Å². The lowest BCUT2D eigenvalue weighted by Crippen LogP contribution is -2.23. The molecular weight excluding hydrogens is 354 g/mol. The molecule has 1 nitrogen and oxygen atoms in total. The fourth-order valence-corrected chi connectivity index (χ4v) is 5.18. The van der Waals surface area contributed by atoms with Crippen LogP contribution in [-0.4, -0.2) is 6.61 Å². The second-order valence-electron chi connectivity index (χ2n) is 8.72. The highest BCUT2D eigenvalue weighted by molar-refractivity contribution is 5.35. The molecule has 1 fully saturated rings. The van der Waals surface area contributed by atoms with Gasteiger partial charge in [-0.25, -0.2) is 4.39 Å². The first kappa shape index (κ1) is 21.3. The normalized spacial score (nSPS) is 27.7. The molecule has 3 rings (SSSR count). The van der Waals surface area contributed by atoms with Gasteiger partial charge in [0, 0.05) is 5.92 Å². The van der Waals surface area contributed by atoms with E-state index >= 15 is 0 Å². The summed E-state index contributed by atoms with van der Waals surface area (Å²) in [6, 6.07) is 3.26. The van der Waals surface area contributed by atoms with E-state index in [0.29, 0.717) is 18.1 Å². The van der Waals surface area contributed by atoms with Crippen molar-refractivity contribution in [2.45, 2.75) is 84.0 Å². The lowest BCUT2D eigenvalue weighted by Gasteiger charge is -2.35. The van der Waals surface area contributed by atoms with Gasteiger partial charge in [-0.15, -0.1) is 0 Å². The maximum absolute atomic E-state index is 14.5. The third-order valence-electron chi connectivity index (χ3n) is 6.89. The fraction of sp³-hybridized carbons (Fsp3) is 0.680. The average molecular weight is 391 g/mol. The SMILES string of the molecule is CCCCCC1CCC(C2C=CC(c3ccc(OCC)c(F)c3F)CC2)CC1. The van der Waals surface area contributed by atoms with E-state index < -0.39 is 11.6 Å². The molecule has 0 aliphatic heterocycles. The first-order valence-corrected chi connectivity index (χ1v) is 11.4. The van der Waals surface area contributed by atoms with E-state index in [1.807, 2.05) is 0 Å². The highest BCUT2D eigenvalue weighted by Crippen LogP contribution is 2.42. The summed E-state index contributed by atoms with van der Waals surface area (Å²) in [7, 11) is 0. The van der Waals surface area contributed by atoms with Gasteiger partial charge in [-0.2, -0.15) is 4.39 Å². The van der Waals surface area contributed by atoms with Gasteiger partial charge < -0.3 is 4.74 Å². The van der Waals surface area contributed by atoms with Crippen molar-refractivity contribution in [1.29, 1.82) is 0 Å². The second-order valence-corrected chi connectivity index (χ2v) is 8.72. The van der Waals surface area contributed by atoms with Gasteiger partial charge >= 0.3 is 0 Å². The van der Waals surface area contributed by atoms with Crippen LogP contribution < -0.4 is 4.74 Å². The molecule has 1 aromatic rings. The highest BCUT2D eigenvalue weighted by atomic mass is 19.2. The van der Waals surface area contributed by atoms with Gasteiger partial charge in [-0.3, -0.25) is 0 Å². The molecule has 28 heavy (non-hydrogen) atoms. The van der Waals surface area contributed by atoms with Crippen LogP contribution in [-0.2, 0) is 0 Å². The molecule has 3 heteroatoms. The van der Waals surface area contributed by atoms with Crippen molar-refractivity contribution in [1.82, 2.24) is 0 Å². The van der Waals surface area contributed by atoms with E-state index in [-0.39, 0.29) is 11.7 Å². The van der Waals surface area contributed by atoms with Crippen LogP contribution in [0.5, 0.6) is 5.75 Å². The van der Waals surface area contributed by atoms with Gasteiger partial charge in [-0.1, -0.05) is 63.7 Å². The molecule has 0 radical (unpaired) electrons. The molecule has 1 saturated carbocycles. The summed E-state index contributed by atoms with van der Waals surface area (Å²) in [6.45, 7) is 4.38. The maximum atomic E-state index is 14.5. The number of hydrogen-bond acceptors (Lipinski definition) is 1. The van der Waals surface area contributed by atoms with Crippen molar-refractivity contribution in [2.24, 2.45) is 17.8 Å². The summed E-state index contributed by atoms with van der Waals surface area (Å²) in [5.74, 6) is 0.723. The van der Waals surface area contributed by atoms with E-state index in [2.05, 4.69) is 19.1 Å². The number of rotatable bonds is 8. The largest absolute Gasteiger partial charge is 0.491 e. The average Bonchev–Trinajstić information content (AvgIpc) is 2.73. The minimum atomic E-state index is -0.851. The summed E-state index contributed by atoms with van der Waals surface area (Å²) in [5.41, 5.74) is 0.468. The monoisotopic (exact) mass is 390 g/mol. The smallest absolute Gasteiger partial charge is 0.200 e. The third-order valence-corrected chi connectivity index (χ3v) is 6.89. The summed E-state index contributed by atoms with van der Waals surface area (Å²) in [4.78, 5) is 0. The van der Waals surface area contributed by atoms with Crippen LogP contribution in [0.15, 0.2) is 24.3 Å². The Hall–Kier alpha value is -1.38. The van der Waals surface area contributed by atoms with Gasteiger partial charge in [0.15, 0.2) is 11.6 Å². The standard InChI is InChI=1S/C25H36F2O/c1-3-5-6-7-18-8-10-19(11-9-18)20-12-14-21(15-13-20)22-16-17-23(28-4-2)25(27)24(22)26/h12,14,16-21H,3-11,13,15H2,1-2H3. The fourth-order valence-electron chi connectivity index (χ4n) is 5.18. The Balaban J connectivity index is 1.54. The number of hydrogen-bond donors (Lipinski definition) is 0. The van der Waals surface area contributed by atoms with E-state index in [9.17, 15) is 8.78 Å². The van der Waals surface area contributed by atoms with E-state index in [1.54, 1.807) is 19.1 Å². The predicted octanol–water partition coefficient (Wildman–Crippen LogP) is 7.80. The molecule has 0 saturated heterocycles. The summed E-state index contributed by atoms with van der Waals surface area (Å²) >= 11 is 0. The van der Waals surface area contributed by atoms with Gasteiger partial charge in [-0.05, 0) is 62.0 Å². The first-order chi connectivity index (χ1) is 13.6. The third kappa shape index (κ3) is 5.15. The molecular formula is C25H36F2O. The van der Waals surface area contributed by atoms with Gasteiger partial charge in [0.25, 0.3) is 0 Å². The number of halogens is 2. The summed E-state index contributed by atoms with van der Waals surface area (Å²) in [5, 5.41) is 0. The minimum Gasteiger partial charge on any atom is -0.491 e. The molecule has 2 atom stereocenters. The number of allylic oxidation sites excluding steroid dienone is 2. The van der Waals surface area contributed by atoms with Crippen molar-refractivity contribution in [3.8, 4) is 5.75 Å². The number of unbranched alkanes of at least 4 members (excludes halogenated alkanes) is 2. The molecule has 2 unspecified atom stereocenters. The first-order valence-electron chi connectivity index (χ1n) is 11.4. The molecule has 0 spiro atoms. The summed E-state index contributed by atoms with van der Waals surface area (Å²) < 4.78 is 33.9. The Morgan fingerprint density at radius 2 is 1.68 bits per heavy atom. The Morgan fingerprint density at radius 3 is 2.32 bits per heavy atom. The zero-order valence-electron chi connectivity index (χ0n) is 17.6. The van der Waals surface area contributed by atoms with Crippen LogP contribution >= 0.6 is 0 Å². The predicted molar refractivity (Wildman–Crippen MR) is 112 cm³/mol. The van der Waals surface area contributed by atoms with Crippen LogP contribution in [0.25, 0.3) is 0 Å². The maximum Gasteiger partial charge on any atom is 0.200 e. The zero-order valence-corrected chi connectivity index (χ0v) is 17.6. The van der Waals surface area contributed by atoms with Crippen LogP contribution in [0.2, 0.25) is 0 Å². The Kier molecular flexibility index (Phi) is 7.93. The van der Waals surface area contributed by atoms with Gasteiger partial charge in [0.2, 0.25) is 5.82 Å². The van der Waals surface area contributed by atoms with Gasteiger partial charge in [0.05, 0.1) is 6.61 Å². The minimum absolute atomic E-state index is 0.0112. The quantitative estimate of drug-likeness (QED) is 0.325. The highest BCUT2D eigenvalue weighted by Gasteiger charge is 2.29. The topological polar surface area (TPSA) is 9.23 Å². The Morgan fingerprint density at radius 1 is 0.893 bits per heavy atom. The molecule has 1 aromatic carbocycles. The molecule has 2 aliphatic carbocycles. The lowest BCUT2D eigenvalue weighted by molar-refractivity contribution is 0.207. The molecule has 2 aliphatic rings. The number of benzene rings is 1. The van der Waals surface area contributed by atoms with E-state index in [1.165, 1.54) is 51.4 Å². The second kappa shape index (κ2) is 10.4. The summed E-state index contributed by atoms with van der Waals surface area (Å²) in [6.07, 6.45) is 17.3. The molecule has 0 N–H and O–H groups in total. The van der Waals surface area contributed by atoms with Crippen molar-refractivity contribution < 1.29 is 13.5 Å². The van der Waals surface area contributed by atoms with Crippen LogP contribution in [0, 0.1) is 29.4 Å². The molecule has 156 valence electrons.